The van der Waals surface area contributed by atoms with Gasteiger partial charge in [-0.1, -0.05) is 17.7 Å². The predicted octanol–water partition coefficient (Wildman–Crippen LogP) is 3.97. The minimum Gasteiger partial charge on any atom is -0.484 e. The smallest absolute Gasteiger partial charge is 0.261 e. The van der Waals surface area contributed by atoms with Crippen LogP contribution < -0.4 is 10.1 Å². The van der Waals surface area contributed by atoms with Crippen molar-refractivity contribution in [3.63, 3.8) is 0 Å². The Morgan fingerprint density at radius 1 is 1.15 bits per heavy atom. The highest BCUT2D eigenvalue weighted by atomic mass is 35.5. The van der Waals surface area contributed by atoms with Crippen LogP contribution in [-0.2, 0) is 9.59 Å². The van der Waals surface area contributed by atoms with Gasteiger partial charge in [-0.3, -0.25) is 9.59 Å². The van der Waals surface area contributed by atoms with Crippen molar-refractivity contribution >= 4 is 29.1 Å². The van der Waals surface area contributed by atoms with Gasteiger partial charge in [0.05, 0.1) is 0 Å². The van der Waals surface area contributed by atoms with E-state index >= 15 is 0 Å². The zero-order valence-electron chi connectivity index (χ0n) is 15.5. The Kier molecular flexibility index (Phi) is 6.01. The Morgan fingerprint density at radius 3 is 2.59 bits per heavy atom. The van der Waals surface area contributed by atoms with E-state index in [1.807, 2.05) is 32.0 Å². The second-order valence-electron chi connectivity index (χ2n) is 6.78. The molecule has 1 N–H and O–H groups in total. The number of rotatable bonds is 5. The van der Waals surface area contributed by atoms with Gasteiger partial charge in [-0.15, -0.1) is 0 Å². The lowest BCUT2D eigenvalue weighted by molar-refractivity contribution is -0.138. The molecule has 0 spiro atoms. The van der Waals surface area contributed by atoms with E-state index in [9.17, 15) is 9.59 Å². The number of ether oxygens (including phenoxy) is 1. The molecule has 2 amide bonds. The fourth-order valence-electron chi connectivity index (χ4n) is 3.13. The summed E-state index contributed by atoms with van der Waals surface area (Å²) in [5.74, 6) is 0.296. The number of hydrogen-bond donors (Lipinski definition) is 1. The number of benzene rings is 2. The van der Waals surface area contributed by atoms with Crippen molar-refractivity contribution in [1.82, 2.24) is 4.90 Å². The number of carbonyl (C=O) groups is 2. The van der Waals surface area contributed by atoms with E-state index in [2.05, 4.69) is 5.32 Å². The van der Waals surface area contributed by atoms with E-state index in [0.29, 0.717) is 29.4 Å². The fourth-order valence-corrected chi connectivity index (χ4v) is 3.25. The lowest BCUT2D eigenvalue weighted by atomic mass is 10.1. The van der Waals surface area contributed by atoms with Crippen molar-refractivity contribution in [3.05, 3.63) is 58.6 Å². The number of nitrogens with one attached hydrogen (secondary N) is 1. The predicted molar refractivity (Wildman–Crippen MR) is 106 cm³/mol. The lowest BCUT2D eigenvalue weighted by Crippen LogP contribution is -2.45. The Bertz CT molecular complexity index is 836. The first-order valence-electron chi connectivity index (χ1n) is 9.00. The van der Waals surface area contributed by atoms with E-state index in [0.717, 1.165) is 12.0 Å². The van der Waals surface area contributed by atoms with Crippen molar-refractivity contribution in [2.24, 2.45) is 0 Å². The normalized spacial score (nSPS) is 16.3. The number of amides is 2. The first-order valence-corrected chi connectivity index (χ1v) is 9.38. The van der Waals surface area contributed by atoms with Crippen LogP contribution in [0.2, 0.25) is 5.02 Å². The van der Waals surface area contributed by atoms with Gasteiger partial charge >= 0.3 is 0 Å². The zero-order valence-corrected chi connectivity index (χ0v) is 16.3. The van der Waals surface area contributed by atoms with Crippen molar-refractivity contribution in [1.29, 1.82) is 0 Å². The quantitative estimate of drug-likeness (QED) is 0.845. The molecule has 1 heterocycles. The van der Waals surface area contributed by atoms with Gasteiger partial charge in [0.2, 0.25) is 5.91 Å². The van der Waals surface area contributed by atoms with E-state index in [4.69, 9.17) is 16.3 Å². The summed E-state index contributed by atoms with van der Waals surface area (Å²) >= 11 is 5.86. The average molecular weight is 387 g/mol. The lowest BCUT2D eigenvalue weighted by Gasteiger charge is -2.24. The summed E-state index contributed by atoms with van der Waals surface area (Å²) in [6.45, 7) is 4.51. The maximum Gasteiger partial charge on any atom is 0.261 e. The summed E-state index contributed by atoms with van der Waals surface area (Å²) in [4.78, 5) is 26.8. The molecule has 3 rings (SSSR count). The Balaban J connectivity index is 1.59. The summed E-state index contributed by atoms with van der Waals surface area (Å²) < 4.78 is 5.64. The van der Waals surface area contributed by atoms with Crippen molar-refractivity contribution in [2.75, 3.05) is 18.5 Å². The van der Waals surface area contributed by atoms with E-state index in [1.54, 1.807) is 29.2 Å². The van der Waals surface area contributed by atoms with Crippen LogP contribution in [0.4, 0.5) is 5.69 Å². The molecule has 5 nitrogen and oxygen atoms in total. The minimum atomic E-state index is -0.475. The molecule has 1 atom stereocenters. The Hall–Kier alpha value is -2.53. The summed E-state index contributed by atoms with van der Waals surface area (Å²) in [5.41, 5.74) is 2.95. The number of nitrogens with zero attached hydrogens (tertiary/aromatic N) is 1. The van der Waals surface area contributed by atoms with Crippen molar-refractivity contribution in [3.8, 4) is 5.75 Å². The van der Waals surface area contributed by atoms with E-state index < -0.39 is 6.04 Å². The fraction of sp³-hybridized carbons (Fsp3) is 0.333. The Labute approximate surface area is 164 Å². The standard InChI is InChI=1S/C21H23ClN2O3/c1-14-5-10-18(12-15(14)2)27-13-20(25)24-11-3-4-19(24)21(26)23-17-8-6-16(22)7-9-17/h5-10,12,19H,3-4,11,13H2,1-2H3,(H,23,26)/t19-/m1/s1. The Morgan fingerprint density at radius 2 is 1.89 bits per heavy atom. The molecular formula is C21H23ClN2O3. The summed E-state index contributed by atoms with van der Waals surface area (Å²) in [7, 11) is 0. The van der Waals surface area contributed by atoms with Gasteiger partial charge in [-0.05, 0) is 74.2 Å². The van der Waals surface area contributed by atoms with Gasteiger partial charge < -0.3 is 15.0 Å². The maximum atomic E-state index is 12.6. The highest BCUT2D eigenvalue weighted by molar-refractivity contribution is 6.30. The highest BCUT2D eigenvalue weighted by Gasteiger charge is 2.34. The van der Waals surface area contributed by atoms with Crippen LogP contribution in [-0.4, -0.2) is 35.9 Å². The van der Waals surface area contributed by atoms with Gasteiger partial charge in [0.1, 0.15) is 11.8 Å². The monoisotopic (exact) mass is 386 g/mol. The first kappa shape index (κ1) is 19.2. The number of likely N-dealkylation sites (tertiary alicyclic amines) is 1. The first-order chi connectivity index (χ1) is 12.9. The molecule has 0 bridgehead atoms. The second kappa shape index (κ2) is 8.44. The number of hydrogen-bond acceptors (Lipinski definition) is 3. The topological polar surface area (TPSA) is 58.6 Å². The third kappa shape index (κ3) is 4.80. The van der Waals surface area contributed by atoms with Crippen molar-refractivity contribution in [2.45, 2.75) is 32.7 Å². The molecule has 6 heteroatoms. The molecule has 0 aromatic heterocycles. The number of anilines is 1. The van der Waals surface area contributed by atoms with Crippen LogP contribution in [0.15, 0.2) is 42.5 Å². The molecule has 27 heavy (non-hydrogen) atoms. The third-order valence-electron chi connectivity index (χ3n) is 4.83. The van der Waals surface area contributed by atoms with Crippen LogP contribution in [0.3, 0.4) is 0 Å². The average Bonchev–Trinajstić information content (AvgIpc) is 3.14. The number of halogens is 1. The van der Waals surface area contributed by atoms with Gasteiger partial charge in [0.25, 0.3) is 5.91 Å². The van der Waals surface area contributed by atoms with Gasteiger partial charge in [0, 0.05) is 17.3 Å². The second-order valence-corrected chi connectivity index (χ2v) is 7.21. The molecule has 1 aliphatic heterocycles. The summed E-state index contributed by atoms with van der Waals surface area (Å²) in [6, 6.07) is 12.2. The third-order valence-corrected chi connectivity index (χ3v) is 5.08. The zero-order chi connectivity index (χ0) is 19.4. The van der Waals surface area contributed by atoms with Crippen LogP contribution in [0.1, 0.15) is 24.0 Å². The van der Waals surface area contributed by atoms with Gasteiger partial charge in [-0.2, -0.15) is 0 Å². The summed E-state index contributed by atoms with van der Waals surface area (Å²) in [6.07, 6.45) is 1.45. The van der Waals surface area contributed by atoms with Crippen LogP contribution in [0.5, 0.6) is 5.75 Å². The molecule has 142 valence electrons. The van der Waals surface area contributed by atoms with E-state index in [-0.39, 0.29) is 18.4 Å². The van der Waals surface area contributed by atoms with Gasteiger partial charge in [-0.25, -0.2) is 0 Å². The molecule has 2 aromatic rings. The van der Waals surface area contributed by atoms with Crippen LogP contribution in [0, 0.1) is 13.8 Å². The highest BCUT2D eigenvalue weighted by Crippen LogP contribution is 2.21. The molecule has 0 unspecified atom stereocenters. The van der Waals surface area contributed by atoms with Crippen LogP contribution >= 0.6 is 11.6 Å². The molecule has 1 fully saturated rings. The van der Waals surface area contributed by atoms with Crippen LogP contribution in [0.25, 0.3) is 0 Å². The largest absolute Gasteiger partial charge is 0.484 e. The van der Waals surface area contributed by atoms with Crippen molar-refractivity contribution < 1.29 is 14.3 Å². The molecular weight excluding hydrogens is 364 g/mol. The SMILES string of the molecule is Cc1ccc(OCC(=O)N2CCC[C@@H]2C(=O)Nc2ccc(Cl)cc2)cc1C. The van der Waals surface area contributed by atoms with E-state index in [1.165, 1.54) is 5.56 Å². The number of carbonyl (C=O) groups excluding carboxylic acids is 2. The number of aryl methyl sites for hydroxylation is 2. The molecule has 0 aliphatic carbocycles. The minimum absolute atomic E-state index is 0.0762. The molecule has 1 aliphatic rings. The molecule has 0 radical (unpaired) electrons. The summed E-state index contributed by atoms with van der Waals surface area (Å²) in [5, 5.41) is 3.46. The maximum absolute atomic E-state index is 12.6. The molecule has 2 aromatic carbocycles. The molecule has 1 saturated heterocycles. The molecule has 0 saturated carbocycles. The van der Waals surface area contributed by atoms with Gasteiger partial charge in [0.15, 0.2) is 6.61 Å².